The summed E-state index contributed by atoms with van der Waals surface area (Å²) in [5.41, 5.74) is 6.74. The number of hydrogen-bond donors (Lipinski definition) is 3. The molecule has 0 spiro atoms. The van der Waals surface area contributed by atoms with E-state index in [0.717, 1.165) is 25.7 Å². The number of nitrogens with one attached hydrogen (secondary N) is 1. The molecule has 1 aliphatic carbocycles. The van der Waals surface area contributed by atoms with Crippen LogP contribution < -0.4 is 11.1 Å². The molecule has 0 aromatic heterocycles. The van der Waals surface area contributed by atoms with Crippen LogP contribution in [0.4, 0.5) is 11.4 Å². The van der Waals surface area contributed by atoms with Gasteiger partial charge in [0.2, 0.25) is 5.91 Å². The monoisotopic (exact) mass is 248 g/mol. The van der Waals surface area contributed by atoms with Crippen LogP contribution in [-0.4, -0.2) is 11.0 Å². The van der Waals surface area contributed by atoms with Crippen LogP contribution in [0.25, 0.3) is 0 Å². The summed E-state index contributed by atoms with van der Waals surface area (Å²) in [4.78, 5) is 12.1. The highest BCUT2D eigenvalue weighted by atomic mass is 16.3. The fraction of sp³-hybridized carbons (Fsp3) is 0.500. The van der Waals surface area contributed by atoms with Crippen molar-refractivity contribution >= 4 is 17.3 Å². The molecule has 1 saturated carbocycles. The van der Waals surface area contributed by atoms with E-state index in [-0.39, 0.29) is 17.6 Å². The van der Waals surface area contributed by atoms with E-state index < -0.39 is 0 Å². The minimum absolute atomic E-state index is 0.0503. The molecule has 1 aliphatic rings. The van der Waals surface area contributed by atoms with Gasteiger partial charge in [0.05, 0.1) is 11.4 Å². The van der Waals surface area contributed by atoms with Crippen LogP contribution in [0.5, 0.6) is 5.75 Å². The van der Waals surface area contributed by atoms with Crippen molar-refractivity contribution < 1.29 is 9.90 Å². The van der Waals surface area contributed by atoms with Gasteiger partial charge in [-0.15, -0.1) is 0 Å². The van der Waals surface area contributed by atoms with E-state index in [4.69, 9.17) is 5.73 Å². The number of carbonyl (C=O) groups is 1. The van der Waals surface area contributed by atoms with Crippen molar-refractivity contribution in [3.05, 3.63) is 18.2 Å². The molecule has 0 atom stereocenters. The minimum Gasteiger partial charge on any atom is -0.508 e. The van der Waals surface area contributed by atoms with Gasteiger partial charge in [-0.1, -0.05) is 25.7 Å². The molecule has 98 valence electrons. The molecule has 1 fully saturated rings. The fourth-order valence-corrected chi connectivity index (χ4v) is 2.44. The Morgan fingerprint density at radius 2 is 1.89 bits per heavy atom. The summed E-state index contributed by atoms with van der Waals surface area (Å²) in [5, 5.41) is 12.1. The number of amides is 1. The largest absolute Gasteiger partial charge is 0.508 e. The highest BCUT2D eigenvalue weighted by Crippen LogP contribution is 2.27. The summed E-state index contributed by atoms with van der Waals surface area (Å²) < 4.78 is 0. The van der Waals surface area contributed by atoms with Crippen LogP contribution in [0.1, 0.15) is 38.5 Å². The van der Waals surface area contributed by atoms with E-state index >= 15 is 0 Å². The van der Waals surface area contributed by atoms with Crippen LogP contribution in [0.15, 0.2) is 18.2 Å². The Kier molecular flexibility index (Phi) is 4.07. The number of rotatable bonds is 2. The summed E-state index contributed by atoms with van der Waals surface area (Å²) >= 11 is 0. The van der Waals surface area contributed by atoms with Gasteiger partial charge in [-0.05, 0) is 25.0 Å². The number of nitrogen functional groups attached to an aromatic ring is 1. The first-order chi connectivity index (χ1) is 8.66. The van der Waals surface area contributed by atoms with E-state index in [1.165, 1.54) is 25.0 Å². The zero-order valence-electron chi connectivity index (χ0n) is 10.5. The summed E-state index contributed by atoms with van der Waals surface area (Å²) in [6.45, 7) is 0. The zero-order chi connectivity index (χ0) is 13.0. The molecule has 0 heterocycles. The average Bonchev–Trinajstić information content (AvgIpc) is 2.61. The molecule has 0 saturated heterocycles. The molecular weight excluding hydrogens is 228 g/mol. The number of phenolic OH excluding ortho intramolecular Hbond substituents is 1. The highest BCUT2D eigenvalue weighted by molar-refractivity contribution is 5.95. The maximum Gasteiger partial charge on any atom is 0.227 e. The Labute approximate surface area is 107 Å². The van der Waals surface area contributed by atoms with Gasteiger partial charge in [0.1, 0.15) is 5.75 Å². The second-order valence-corrected chi connectivity index (χ2v) is 4.95. The lowest BCUT2D eigenvalue weighted by molar-refractivity contribution is -0.120. The number of benzene rings is 1. The second kappa shape index (κ2) is 5.76. The molecule has 0 aliphatic heterocycles. The molecule has 1 aromatic carbocycles. The van der Waals surface area contributed by atoms with Crippen LogP contribution in [0, 0.1) is 5.92 Å². The first kappa shape index (κ1) is 12.7. The van der Waals surface area contributed by atoms with Crippen molar-refractivity contribution in [2.45, 2.75) is 38.5 Å². The number of aromatic hydroxyl groups is 1. The van der Waals surface area contributed by atoms with Crippen LogP contribution in [0.2, 0.25) is 0 Å². The molecule has 1 amide bonds. The van der Waals surface area contributed by atoms with E-state index in [1.54, 1.807) is 6.07 Å². The Hall–Kier alpha value is -1.71. The molecule has 0 radical (unpaired) electrons. The fourth-order valence-electron chi connectivity index (χ4n) is 2.44. The quantitative estimate of drug-likeness (QED) is 0.428. The van der Waals surface area contributed by atoms with E-state index in [1.807, 2.05) is 0 Å². The van der Waals surface area contributed by atoms with Gasteiger partial charge < -0.3 is 16.2 Å². The minimum atomic E-state index is 0.0503. The van der Waals surface area contributed by atoms with Crippen molar-refractivity contribution in [3.8, 4) is 5.75 Å². The van der Waals surface area contributed by atoms with Crippen molar-refractivity contribution in [1.29, 1.82) is 0 Å². The molecule has 18 heavy (non-hydrogen) atoms. The van der Waals surface area contributed by atoms with Crippen molar-refractivity contribution in [1.82, 2.24) is 0 Å². The molecule has 0 unspecified atom stereocenters. The second-order valence-electron chi connectivity index (χ2n) is 4.95. The van der Waals surface area contributed by atoms with Crippen molar-refractivity contribution in [2.75, 3.05) is 11.1 Å². The zero-order valence-corrected chi connectivity index (χ0v) is 10.5. The molecular formula is C14H20N2O2. The first-order valence-electron chi connectivity index (χ1n) is 6.56. The number of anilines is 2. The molecule has 0 bridgehead atoms. The predicted octanol–water partition coefficient (Wildman–Crippen LogP) is 2.88. The topological polar surface area (TPSA) is 75.3 Å². The highest BCUT2D eigenvalue weighted by Gasteiger charge is 2.20. The lowest BCUT2D eigenvalue weighted by atomic mass is 9.99. The number of phenols is 1. The standard InChI is InChI=1S/C14H20N2O2/c15-12-9-11(17)7-8-13(12)16-14(18)10-5-3-1-2-4-6-10/h7-10,17H,1-6,15H2,(H,16,18). The number of carbonyl (C=O) groups excluding carboxylic acids is 1. The predicted molar refractivity (Wildman–Crippen MR) is 72.3 cm³/mol. The Morgan fingerprint density at radius 3 is 2.50 bits per heavy atom. The summed E-state index contributed by atoms with van der Waals surface area (Å²) in [6.07, 6.45) is 6.64. The van der Waals surface area contributed by atoms with E-state index in [9.17, 15) is 9.90 Å². The molecule has 4 heteroatoms. The van der Waals surface area contributed by atoms with Crippen LogP contribution in [-0.2, 0) is 4.79 Å². The summed E-state index contributed by atoms with van der Waals surface area (Å²) in [6, 6.07) is 4.61. The maximum atomic E-state index is 12.1. The Morgan fingerprint density at radius 1 is 1.22 bits per heavy atom. The number of nitrogens with two attached hydrogens (primary N) is 1. The van der Waals surface area contributed by atoms with Gasteiger partial charge in [0, 0.05) is 12.0 Å². The molecule has 2 rings (SSSR count). The Bertz CT molecular complexity index is 424. The molecule has 1 aromatic rings. The lowest BCUT2D eigenvalue weighted by Crippen LogP contribution is -2.22. The van der Waals surface area contributed by atoms with Gasteiger partial charge in [0.15, 0.2) is 0 Å². The van der Waals surface area contributed by atoms with Gasteiger partial charge in [-0.2, -0.15) is 0 Å². The number of hydrogen-bond acceptors (Lipinski definition) is 3. The smallest absolute Gasteiger partial charge is 0.227 e. The third-order valence-corrected chi connectivity index (χ3v) is 3.52. The SMILES string of the molecule is Nc1cc(O)ccc1NC(=O)C1CCCCCC1. The first-order valence-corrected chi connectivity index (χ1v) is 6.56. The van der Waals surface area contributed by atoms with E-state index in [2.05, 4.69) is 5.32 Å². The maximum absolute atomic E-state index is 12.1. The van der Waals surface area contributed by atoms with Gasteiger partial charge in [-0.3, -0.25) is 4.79 Å². The summed E-state index contributed by atoms with van der Waals surface area (Å²) in [5.74, 6) is 0.259. The molecule has 4 N–H and O–H groups in total. The average molecular weight is 248 g/mol. The van der Waals surface area contributed by atoms with Gasteiger partial charge in [0.25, 0.3) is 0 Å². The van der Waals surface area contributed by atoms with Crippen LogP contribution in [0.3, 0.4) is 0 Å². The van der Waals surface area contributed by atoms with E-state index in [0.29, 0.717) is 11.4 Å². The van der Waals surface area contributed by atoms with Crippen LogP contribution >= 0.6 is 0 Å². The normalized spacial score (nSPS) is 17.1. The lowest BCUT2D eigenvalue weighted by Gasteiger charge is -2.15. The Balaban J connectivity index is 2.01. The van der Waals surface area contributed by atoms with Gasteiger partial charge in [-0.25, -0.2) is 0 Å². The third-order valence-electron chi connectivity index (χ3n) is 3.52. The third kappa shape index (κ3) is 3.15. The van der Waals surface area contributed by atoms with Crippen molar-refractivity contribution in [2.24, 2.45) is 5.92 Å². The van der Waals surface area contributed by atoms with Crippen molar-refractivity contribution in [3.63, 3.8) is 0 Å². The van der Waals surface area contributed by atoms with Gasteiger partial charge >= 0.3 is 0 Å². The molecule has 4 nitrogen and oxygen atoms in total. The summed E-state index contributed by atoms with van der Waals surface area (Å²) in [7, 11) is 0.